The van der Waals surface area contributed by atoms with Gasteiger partial charge < -0.3 is 19.5 Å². The number of hydrogen-bond acceptors (Lipinski definition) is 6. The third-order valence-corrected chi connectivity index (χ3v) is 3.85. The largest absolute Gasteiger partial charge is 0.477 e. The Morgan fingerprint density at radius 2 is 2.19 bits per heavy atom. The molecule has 0 spiro atoms. The van der Waals surface area contributed by atoms with E-state index in [0.29, 0.717) is 38.2 Å². The third kappa shape index (κ3) is 3.24. The van der Waals surface area contributed by atoms with E-state index in [-0.39, 0.29) is 17.5 Å². The van der Waals surface area contributed by atoms with Crippen LogP contribution in [0.3, 0.4) is 0 Å². The lowest BCUT2D eigenvalue weighted by Crippen LogP contribution is -2.37. The fraction of sp³-hybridized carbons (Fsp3) is 0.643. The van der Waals surface area contributed by atoms with Crippen molar-refractivity contribution >= 4 is 11.9 Å². The molecule has 0 aromatic carbocycles. The summed E-state index contributed by atoms with van der Waals surface area (Å²) in [6.07, 6.45) is 3.57. The summed E-state index contributed by atoms with van der Waals surface area (Å²) in [5.41, 5.74) is 0.0134. The number of nitrogens with zero attached hydrogens (tertiary/aromatic N) is 3. The molecular weight excluding hydrogens is 274 g/mol. The van der Waals surface area contributed by atoms with Crippen LogP contribution >= 0.6 is 0 Å². The van der Waals surface area contributed by atoms with Crippen LogP contribution in [0.2, 0.25) is 0 Å². The van der Waals surface area contributed by atoms with Crippen molar-refractivity contribution in [1.29, 1.82) is 0 Å². The number of hydrogen-bond donors (Lipinski definition) is 1. The molecule has 0 bridgehead atoms. The van der Waals surface area contributed by atoms with E-state index in [1.807, 2.05) is 11.8 Å². The number of carboxylic acids is 1. The topological polar surface area (TPSA) is 84.8 Å². The highest BCUT2D eigenvalue weighted by Crippen LogP contribution is 2.35. The molecule has 1 saturated carbocycles. The van der Waals surface area contributed by atoms with Crippen LogP contribution in [0.5, 0.6) is 5.88 Å². The van der Waals surface area contributed by atoms with Gasteiger partial charge in [0.1, 0.15) is 11.7 Å². The molecule has 1 atom stereocenters. The first-order valence-electron chi connectivity index (χ1n) is 7.25. The second kappa shape index (κ2) is 5.85. The van der Waals surface area contributed by atoms with E-state index in [0.717, 1.165) is 12.8 Å². The van der Waals surface area contributed by atoms with Crippen LogP contribution in [0.1, 0.15) is 30.1 Å². The van der Waals surface area contributed by atoms with Crippen LogP contribution in [-0.4, -0.2) is 53.5 Å². The summed E-state index contributed by atoms with van der Waals surface area (Å²) in [6.45, 7) is 4.60. The summed E-state index contributed by atoms with van der Waals surface area (Å²) in [4.78, 5) is 21.7. The van der Waals surface area contributed by atoms with Gasteiger partial charge in [0.05, 0.1) is 19.4 Å². The number of ether oxygens (including phenoxy) is 2. The van der Waals surface area contributed by atoms with Gasteiger partial charge in [-0.1, -0.05) is 0 Å². The molecule has 2 aliphatic rings. The second-order valence-corrected chi connectivity index (χ2v) is 5.45. The van der Waals surface area contributed by atoms with Gasteiger partial charge >= 0.3 is 5.97 Å². The summed E-state index contributed by atoms with van der Waals surface area (Å²) in [6, 6.07) is 0. The molecule has 1 aliphatic carbocycles. The lowest BCUT2D eigenvalue weighted by molar-refractivity contribution is 0.0686. The molecule has 1 unspecified atom stereocenters. The average molecular weight is 293 g/mol. The summed E-state index contributed by atoms with van der Waals surface area (Å²) in [7, 11) is 0. The Hall–Kier alpha value is -1.89. The number of carboxylic acid groups (broad SMARTS) is 1. The molecule has 0 radical (unpaired) electrons. The van der Waals surface area contributed by atoms with E-state index in [2.05, 4.69) is 9.97 Å². The lowest BCUT2D eigenvalue weighted by Gasteiger charge is -2.27. The van der Waals surface area contributed by atoms with Gasteiger partial charge in [0, 0.05) is 13.1 Å². The van der Waals surface area contributed by atoms with Gasteiger partial charge in [-0.15, -0.1) is 0 Å². The molecule has 7 nitrogen and oxygen atoms in total. The van der Waals surface area contributed by atoms with Gasteiger partial charge in [-0.2, -0.15) is 4.98 Å². The quantitative estimate of drug-likeness (QED) is 0.872. The minimum absolute atomic E-state index is 0.0134. The zero-order chi connectivity index (χ0) is 14.8. The Balaban J connectivity index is 1.83. The summed E-state index contributed by atoms with van der Waals surface area (Å²) in [5.74, 6) is 0.106. The molecule has 1 aromatic heterocycles. The Morgan fingerprint density at radius 3 is 2.81 bits per heavy atom. The van der Waals surface area contributed by atoms with Crippen molar-refractivity contribution in [3.8, 4) is 5.88 Å². The molecule has 2 fully saturated rings. The minimum atomic E-state index is -1.07. The smallest absolute Gasteiger partial charge is 0.342 e. The maximum Gasteiger partial charge on any atom is 0.342 e. The van der Waals surface area contributed by atoms with Crippen molar-refractivity contribution in [2.45, 2.75) is 25.9 Å². The van der Waals surface area contributed by atoms with E-state index in [9.17, 15) is 9.90 Å². The van der Waals surface area contributed by atoms with Gasteiger partial charge in [0.15, 0.2) is 0 Å². The van der Waals surface area contributed by atoms with Crippen LogP contribution in [0.25, 0.3) is 0 Å². The van der Waals surface area contributed by atoms with E-state index in [4.69, 9.17) is 9.47 Å². The first kappa shape index (κ1) is 14.1. The lowest BCUT2D eigenvalue weighted by atomic mass is 10.2. The number of anilines is 1. The van der Waals surface area contributed by atoms with Gasteiger partial charge in [0.2, 0.25) is 11.8 Å². The zero-order valence-electron chi connectivity index (χ0n) is 12.0. The molecule has 21 heavy (non-hydrogen) atoms. The number of morpholine rings is 1. The van der Waals surface area contributed by atoms with E-state index < -0.39 is 5.97 Å². The predicted molar refractivity (Wildman–Crippen MR) is 74.8 cm³/mol. The van der Waals surface area contributed by atoms with Crippen molar-refractivity contribution in [1.82, 2.24) is 9.97 Å². The summed E-state index contributed by atoms with van der Waals surface area (Å²) >= 11 is 0. The molecule has 1 N–H and O–H groups in total. The molecule has 0 amide bonds. The summed E-state index contributed by atoms with van der Waals surface area (Å²) in [5, 5.41) is 9.24. The monoisotopic (exact) mass is 293 g/mol. The van der Waals surface area contributed by atoms with Crippen LogP contribution in [0, 0.1) is 5.92 Å². The zero-order valence-corrected chi connectivity index (χ0v) is 12.0. The van der Waals surface area contributed by atoms with Crippen molar-refractivity contribution < 1.29 is 19.4 Å². The first-order valence-corrected chi connectivity index (χ1v) is 7.25. The summed E-state index contributed by atoms with van der Waals surface area (Å²) < 4.78 is 11.1. The van der Waals surface area contributed by atoms with Gasteiger partial charge in [-0.25, -0.2) is 9.78 Å². The maximum atomic E-state index is 11.3. The highest BCUT2D eigenvalue weighted by Gasteiger charge is 2.31. The molecule has 114 valence electrons. The molecule has 2 heterocycles. The fourth-order valence-corrected chi connectivity index (χ4v) is 2.35. The van der Waals surface area contributed by atoms with Gasteiger partial charge in [-0.3, -0.25) is 0 Å². The van der Waals surface area contributed by atoms with Crippen LogP contribution in [0.4, 0.5) is 5.95 Å². The Kier molecular flexibility index (Phi) is 3.92. The molecule has 1 saturated heterocycles. The highest BCUT2D eigenvalue weighted by molar-refractivity contribution is 5.89. The van der Waals surface area contributed by atoms with E-state index in [1.165, 1.54) is 6.20 Å². The standard InChI is InChI=1S/C14H19N3O4/c1-9(10-2-3-10)21-12-11(13(18)19)8-15-14(16-12)17-4-6-20-7-5-17/h8-10H,2-7H2,1H3,(H,18,19). The number of rotatable bonds is 5. The highest BCUT2D eigenvalue weighted by atomic mass is 16.5. The third-order valence-electron chi connectivity index (χ3n) is 3.85. The number of aromatic nitrogens is 2. The Morgan fingerprint density at radius 1 is 1.48 bits per heavy atom. The van der Waals surface area contributed by atoms with Crippen LogP contribution in [-0.2, 0) is 4.74 Å². The first-order chi connectivity index (χ1) is 10.1. The molecule has 1 aromatic rings. The van der Waals surface area contributed by atoms with Gasteiger partial charge in [-0.05, 0) is 25.7 Å². The van der Waals surface area contributed by atoms with Crippen molar-refractivity contribution in [2.24, 2.45) is 5.92 Å². The molecule has 7 heteroatoms. The van der Waals surface area contributed by atoms with Crippen LogP contribution in [0.15, 0.2) is 6.20 Å². The molecule has 1 aliphatic heterocycles. The Labute approximate surface area is 122 Å². The maximum absolute atomic E-state index is 11.3. The SMILES string of the molecule is CC(Oc1nc(N2CCOCC2)ncc1C(=O)O)C1CC1. The minimum Gasteiger partial charge on any atom is -0.477 e. The van der Waals surface area contributed by atoms with E-state index >= 15 is 0 Å². The fourth-order valence-electron chi connectivity index (χ4n) is 2.35. The van der Waals surface area contributed by atoms with E-state index in [1.54, 1.807) is 0 Å². The van der Waals surface area contributed by atoms with Crippen molar-refractivity contribution in [2.75, 3.05) is 31.2 Å². The van der Waals surface area contributed by atoms with Gasteiger partial charge in [0.25, 0.3) is 0 Å². The second-order valence-electron chi connectivity index (χ2n) is 5.45. The number of aromatic carboxylic acids is 1. The van der Waals surface area contributed by atoms with Crippen LogP contribution < -0.4 is 9.64 Å². The number of carbonyl (C=O) groups is 1. The van der Waals surface area contributed by atoms with Crippen molar-refractivity contribution in [3.63, 3.8) is 0 Å². The predicted octanol–water partition coefficient (Wildman–Crippen LogP) is 1.19. The van der Waals surface area contributed by atoms with Crippen molar-refractivity contribution in [3.05, 3.63) is 11.8 Å². The Bertz CT molecular complexity index is 527. The normalized spacial score (nSPS) is 20.1. The molecular formula is C14H19N3O4. The average Bonchev–Trinajstić information content (AvgIpc) is 3.32. The molecule has 3 rings (SSSR count).